The van der Waals surface area contributed by atoms with Crippen LogP contribution in [0.4, 0.5) is 0 Å². The number of fused-ring (bicyclic) bond motifs is 1. The van der Waals surface area contributed by atoms with Crippen molar-refractivity contribution in [2.24, 2.45) is 5.92 Å². The first-order valence-electron chi connectivity index (χ1n) is 7.90. The molecule has 0 aliphatic heterocycles. The summed E-state index contributed by atoms with van der Waals surface area (Å²) in [5.41, 5.74) is 2.41. The summed E-state index contributed by atoms with van der Waals surface area (Å²) in [7, 11) is 2.00. The molecule has 2 rings (SSSR count). The Morgan fingerprint density at radius 1 is 1.29 bits per heavy atom. The van der Waals surface area contributed by atoms with E-state index in [0.29, 0.717) is 19.1 Å². The number of benzene rings is 1. The lowest BCUT2D eigenvalue weighted by Gasteiger charge is -2.24. The minimum Gasteiger partial charge on any atom is -0.490 e. The summed E-state index contributed by atoms with van der Waals surface area (Å²) in [6, 6.07) is 2.18. The van der Waals surface area contributed by atoms with Crippen LogP contribution in [-0.2, 0) is 6.42 Å². The van der Waals surface area contributed by atoms with Crippen LogP contribution in [-0.4, -0.2) is 20.3 Å². The second-order valence-corrected chi connectivity index (χ2v) is 6.07. The second-order valence-electron chi connectivity index (χ2n) is 5.66. The van der Waals surface area contributed by atoms with E-state index in [4.69, 9.17) is 21.1 Å². The molecule has 0 amide bonds. The van der Waals surface area contributed by atoms with Gasteiger partial charge in [-0.3, -0.25) is 0 Å². The van der Waals surface area contributed by atoms with E-state index in [1.54, 1.807) is 0 Å². The van der Waals surface area contributed by atoms with Gasteiger partial charge in [-0.2, -0.15) is 0 Å². The predicted octanol–water partition coefficient (Wildman–Crippen LogP) is 4.37. The number of ether oxygens (including phenoxy) is 2. The smallest absolute Gasteiger partial charge is 0.166 e. The molecule has 3 nitrogen and oxygen atoms in total. The molecular weight excluding hydrogens is 286 g/mol. The molecule has 1 aromatic carbocycles. The van der Waals surface area contributed by atoms with E-state index in [2.05, 4.69) is 12.2 Å². The molecule has 2 atom stereocenters. The van der Waals surface area contributed by atoms with Crippen LogP contribution in [0.5, 0.6) is 11.5 Å². The fourth-order valence-corrected chi connectivity index (χ4v) is 3.43. The van der Waals surface area contributed by atoms with Crippen LogP contribution >= 0.6 is 11.6 Å². The van der Waals surface area contributed by atoms with E-state index in [9.17, 15) is 0 Å². The van der Waals surface area contributed by atoms with Crippen molar-refractivity contribution >= 4 is 11.6 Å². The van der Waals surface area contributed by atoms with Gasteiger partial charge in [0.2, 0.25) is 0 Å². The molecule has 0 saturated heterocycles. The van der Waals surface area contributed by atoms with Gasteiger partial charge in [0.25, 0.3) is 0 Å². The fraction of sp³-hybridized carbons (Fsp3) is 0.647. The Bertz CT molecular complexity index is 490. The molecule has 118 valence electrons. The van der Waals surface area contributed by atoms with Crippen molar-refractivity contribution < 1.29 is 9.47 Å². The topological polar surface area (TPSA) is 30.5 Å². The van der Waals surface area contributed by atoms with Crippen molar-refractivity contribution in [3.63, 3.8) is 0 Å². The summed E-state index contributed by atoms with van der Waals surface area (Å²) in [4.78, 5) is 0. The quantitative estimate of drug-likeness (QED) is 0.819. The lowest BCUT2D eigenvalue weighted by atomic mass is 9.95. The molecule has 1 aliphatic rings. The Kier molecular flexibility index (Phi) is 5.77. The fourth-order valence-electron chi connectivity index (χ4n) is 3.14. The first kappa shape index (κ1) is 16.4. The number of rotatable bonds is 5. The summed E-state index contributed by atoms with van der Waals surface area (Å²) in [6.45, 7) is 7.52. The number of nitrogens with one attached hydrogen (secondary N) is 1. The van der Waals surface area contributed by atoms with E-state index in [1.165, 1.54) is 11.1 Å². The maximum absolute atomic E-state index is 6.53. The molecule has 0 radical (unpaired) electrons. The van der Waals surface area contributed by atoms with Crippen molar-refractivity contribution in [1.82, 2.24) is 5.32 Å². The van der Waals surface area contributed by atoms with Gasteiger partial charge >= 0.3 is 0 Å². The van der Waals surface area contributed by atoms with E-state index in [0.717, 1.165) is 35.8 Å². The van der Waals surface area contributed by atoms with E-state index < -0.39 is 0 Å². The lowest BCUT2D eigenvalue weighted by molar-refractivity contribution is 0.281. The van der Waals surface area contributed by atoms with Crippen molar-refractivity contribution in [3.8, 4) is 11.5 Å². The minimum atomic E-state index is 0.261. The van der Waals surface area contributed by atoms with Crippen LogP contribution in [0.2, 0.25) is 5.02 Å². The molecule has 4 heteroatoms. The summed E-state index contributed by atoms with van der Waals surface area (Å²) >= 11 is 6.53. The molecule has 0 bridgehead atoms. The first-order chi connectivity index (χ1) is 10.1. The number of hydrogen-bond donors (Lipinski definition) is 1. The van der Waals surface area contributed by atoms with Gasteiger partial charge in [0, 0.05) is 22.7 Å². The lowest BCUT2D eigenvalue weighted by Crippen LogP contribution is -2.20. The third kappa shape index (κ3) is 3.46. The Hall–Kier alpha value is -0.930. The third-order valence-electron chi connectivity index (χ3n) is 4.15. The summed E-state index contributed by atoms with van der Waals surface area (Å²) < 4.78 is 11.7. The molecule has 0 spiro atoms. The standard InChI is InChI=1S/C17H26ClNO2/c1-5-20-15-10-13(18)12-8-7-11(3)9-14(19-4)16(12)17(15)21-6-2/h10-11,14,19H,5-9H2,1-4H3. The van der Waals surface area contributed by atoms with Crippen molar-refractivity contribution in [2.45, 2.75) is 46.1 Å². The zero-order valence-corrected chi connectivity index (χ0v) is 14.2. The van der Waals surface area contributed by atoms with Gasteiger partial charge in [-0.1, -0.05) is 18.5 Å². The average Bonchev–Trinajstić information content (AvgIpc) is 2.63. The summed E-state index contributed by atoms with van der Waals surface area (Å²) in [6.07, 6.45) is 3.25. The summed E-state index contributed by atoms with van der Waals surface area (Å²) in [5.74, 6) is 2.29. The highest BCUT2D eigenvalue weighted by molar-refractivity contribution is 6.31. The molecule has 1 N–H and O–H groups in total. The molecule has 0 aromatic heterocycles. The van der Waals surface area contributed by atoms with Gasteiger partial charge in [-0.15, -0.1) is 0 Å². The Morgan fingerprint density at radius 2 is 2.00 bits per heavy atom. The van der Waals surface area contributed by atoms with Gasteiger partial charge in [0.1, 0.15) is 0 Å². The zero-order chi connectivity index (χ0) is 15.4. The highest BCUT2D eigenvalue weighted by Gasteiger charge is 2.29. The molecule has 2 unspecified atom stereocenters. The SMILES string of the molecule is CCOc1cc(Cl)c2c(c1OCC)C(NC)CC(C)CC2. The van der Waals surface area contributed by atoms with Gasteiger partial charge in [0.05, 0.1) is 13.2 Å². The maximum Gasteiger partial charge on any atom is 0.166 e. The first-order valence-corrected chi connectivity index (χ1v) is 8.28. The monoisotopic (exact) mass is 311 g/mol. The molecular formula is C17H26ClNO2. The molecule has 0 saturated carbocycles. The zero-order valence-electron chi connectivity index (χ0n) is 13.5. The highest BCUT2D eigenvalue weighted by atomic mass is 35.5. The van der Waals surface area contributed by atoms with Crippen LogP contribution in [0.25, 0.3) is 0 Å². The van der Waals surface area contributed by atoms with E-state index in [1.807, 2.05) is 27.0 Å². The molecule has 1 aromatic rings. The van der Waals surface area contributed by atoms with Crippen molar-refractivity contribution in [2.75, 3.05) is 20.3 Å². The van der Waals surface area contributed by atoms with Crippen LogP contribution in [0.3, 0.4) is 0 Å². The molecule has 0 fully saturated rings. The van der Waals surface area contributed by atoms with Crippen LogP contribution in [0, 0.1) is 5.92 Å². The molecule has 1 aliphatic carbocycles. The van der Waals surface area contributed by atoms with Crippen LogP contribution in [0.15, 0.2) is 6.07 Å². The maximum atomic E-state index is 6.53. The number of hydrogen-bond acceptors (Lipinski definition) is 3. The van der Waals surface area contributed by atoms with Crippen LogP contribution < -0.4 is 14.8 Å². The third-order valence-corrected chi connectivity index (χ3v) is 4.49. The van der Waals surface area contributed by atoms with E-state index in [-0.39, 0.29) is 6.04 Å². The van der Waals surface area contributed by atoms with Gasteiger partial charge in [0.15, 0.2) is 11.5 Å². The van der Waals surface area contributed by atoms with Gasteiger partial charge in [-0.05, 0) is 51.6 Å². The van der Waals surface area contributed by atoms with Crippen molar-refractivity contribution in [1.29, 1.82) is 0 Å². The molecule has 21 heavy (non-hydrogen) atoms. The highest BCUT2D eigenvalue weighted by Crippen LogP contribution is 2.45. The second kappa shape index (κ2) is 7.37. The van der Waals surface area contributed by atoms with Crippen molar-refractivity contribution in [3.05, 3.63) is 22.2 Å². The van der Waals surface area contributed by atoms with Crippen LogP contribution in [0.1, 0.15) is 50.8 Å². The Labute approximate surface area is 133 Å². The van der Waals surface area contributed by atoms with Gasteiger partial charge in [-0.25, -0.2) is 0 Å². The molecule has 0 heterocycles. The summed E-state index contributed by atoms with van der Waals surface area (Å²) in [5, 5.41) is 4.23. The Balaban J connectivity index is 2.60. The Morgan fingerprint density at radius 3 is 2.62 bits per heavy atom. The largest absolute Gasteiger partial charge is 0.490 e. The number of halogens is 1. The minimum absolute atomic E-state index is 0.261. The average molecular weight is 312 g/mol. The predicted molar refractivity (Wildman–Crippen MR) is 87.7 cm³/mol. The normalized spacial score (nSPS) is 21.6. The van der Waals surface area contributed by atoms with Gasteiger partial charge < -0.3 is 14.8 Å². The van der Waals surface area contributed by atoms with E-state index >= 15 is 0 Å².